The van der Waals surface area contributed by atoms with Gasteiger partial charge in [-0.05, 0) is 50.5 Å². The summed E-state index contributed by atoms with van der Waals surface area (Å²) in [5.74, 6) is 0. The maximum atomic E-state index is 3.70. The lowest BCUT2D eigenvalue weighted by atomic mass is 9.94. The fourth-order valence-electron chi connectivity index (χ4n) is 2.77. The van der Waals surface area contributed by atoms with Crippen LogP contribution >= 0.6 is 47.8 Å². The maximum absolute atomic E-state index is 3.70. The highest BCUT2D eigenvalue weighted by Gasteiger charge is 2.13. The van der Waals surface area contributed by atoms with Gasteiger partial charge in [0.2, 0.25) is 0 Å². The van der Waals surface area contributed by atoms with Crippen LogP contribution in [-0.2, 0) is 0 Å². The molecule has 4 aromatic rings. The molecule has 0 saturated heterocycles. The highest BCUT2D eigenvalue weighted by Crippen LogP contribution is 2.42. The van der Waals surface area contributed by atoms with Crippen molar-refractivity contribution >= 4 is 80.1 Å². The first-order valence-electron chi connectivity index (χ1n) is 5.88. The molecule has 0 N–H and O–H groups in total. The third-order valence-corrected chi connectivity index (χ3v) is 5.66. The van der Waals surface area contributed by atoms with E-state index in [0.717, 1.165) is 13.4 Å². The van der Waals surface area contributed by atoms with Crippen molar-refractivity contribution in [1.82, 2.24) is 0 Å². The van der Waals surface area contributed by atoms with Crippen molar-refractivity contribution in [1.29, 1.82) is 0 Å². The summed E-state index contributed by atoms with van der Waals surface area (Å²) in [7, 11) is 0. The average Bonchev–Trinajstić information content (AvgIpc) is 2.41. The molecule has 0 saturated carbocycles. The standard InChI is InChI=1S/C16H7Br3/c17-12-6-4-10-14(19)7-11-13(18)5-2-8-1-3-9(12)16(10)15(8)11/h1-7H. The average molecular weight is 439 g/mol. The summed E-state index contributed by atoms with van der Waals surface area (Å²) in [6.45, 7) is 0. The molecule has 92 valence electrons. The Morgan fingerprint density at radius 3 is 1.95 bits per heavy atom. The summed E-state index contributed by atoms with van der Waals surface area (Å²) in [4.78, 5) is 0. The van der Waals surface area contributed by atoms with Crippen LogP contribution in [0.4, 0.5) is 0 Å². The van der Waals surface area contributed by atoms with E-state index in [9.17, 15) is 0 Å². The second-order valence-electron chi connectivity index (χ2n) is 4.63. The summed E-state index contributed by atoms with van der Waals surface area (Å²) in [6, 6.07) is 15.1. The Labute approximate surface area is 135 Å². The fraction of sp³-hybridized carbons (Fsp3) is 0. The Balaban J connectivity index is 2.48. The van der Waals surface area contributed by atoms with Gasteiger partial charge < -0.3 is 0 Å². The summed E-state index contributed by atoms with van der Waals surface area (Å²) < 4.78 is 3.41. The van der Waals surface area contributed by atoms with Gasteiger partial charge in [0.1, 0.15) is 0 Å². The molecule has 0 amide bonds. The van der Waals surface area contributed by atoms with E-state index in [-0.39, 0.29) is 0 Å². The first kappa shape index (κ1) is 12.1. The number of benzene rings is 4. The smallest absolute Gasteiger partial charge is 0.0260 e. The number of rotatable bonds is 0. The molecule has 0 aliphatic carbocycles. The summed E-state index contributed by atoms with van der Waals surface area (Å²) >= 11 is 11.0. The fourth-order valence-corrected chi connectivity index (χ4v) is 4.24. The zero-order chi connectivity index (χ0) is 13.1. The molecule has 0 aromatic heterocycles. The number of hydrogen-bond acceptors (Lipinski definition) is 0. The van der Waals surface area contributed by atoms with Gasteiger partial charge in [0.25, 0.3) is 0 Å². The Kier molecular flexibility index (Phi) is 2.66. The van der Waals surface area contributed by atoms with Crippen LogP contribution in [0.25, 0.3) is 32.3 Å². The molecule has 0 heterocycles. The Hall–Kier alpha value is -0.640. The Morgan fingerprint density at radius 2 is 1.11 bits per heavy atom. The van der Waals surface area contributed by atoms with Crippen molar-refractivity contribution in [2.75, 3.05) is 0 Å². The van der Waals surface area contributed by atoms with Crippen LogP contribution in [0.5, 0.6) is 0 Å². The van der Waals surface area contributed by atoms with Crippen LogP contribution in [0, 0.1) is 0 Å². The highest BCUT2D eigenvalue weighted by atomic mass is 79.9. The normalized spacial score (nSPS) is 11.9. The van der Waals surface area contributed by atoms with Gasteiger partial charge in [0.05, 0.1) is 0 Å². The molecule has 0 nitrogen and oxygen atoms in total. The minimum absolute atomic E-state index is 1.13. The van der Waals surface area contributed by atoms with E-state index < -0.39 is 0 Å². The molecule has 0 aliphatic rings. The second kappa shape index (κ2) is 4.18. The van der Waals surface area contributed by atoms with Gasteiger partial charge in [-0.2, -0.15) is 0 Å². The van der Waals surface area contributed by atoms with Crippen LogP contribution in [0.1, 0.15) is 0 Å². The van der Waals surface area contributed by atoms with Gasteiger partial charge in [-0.1, -0.05) is 72.1 Å². The summed E-state index contributed by atoms with van der Waals surface area (Å²) in [5, 5.41) is 7.69. The molecule has 0 fully saturated rings. The molecule has 0 bridgehead atoms. The van der Waals surface area contributed by atoms with Gasteiger partial charge in [0.15, 0.2) is 0 Å². The zero-order valence-corrected chi connectivity index (χ0v) is 14.4. The third-order valence-electron chi connectivity index (χ3n) is 3.62. The molecule has 19 heavy (non-hydrogen) atoms. The van der Waals surface area contributed by atoms with Crippen LogP contribution in [0.3, 0.4) is 0 Å². The van der Waals surface area contributed by atoms with Crippen molar-refractivity contribution in [3.63, 3.8) is 0 Å². The van der Waals surface area contributed by atoms with E-state index in [1.165, 1.54) is 32.3 Å². The largest absolute Gasteiger partial charge is 0.0537 e. The van der Waals surface area contributed by atoms with Crippen molar-refractivity contribution in [2.24, 2.45) is 0 Å². The molecule has 4 rings (SSSR count). The molecule has 0 spiro atoms. The zero-order valence-electron chi connectivity index (χ0n) is 9.68. The summed E-state index contributed by atoms with van der Waals surface area (Å²) in [5.41, 5.74) is 0. The van der Waals surface area contributed by atoms with E-state index in [1.54, 1.807) is 0 Å². The quantitative estimate of drug-likeness (QED) is 0.263. The molecule has 0 aliphatic heterocycles. The van der Waals surface area contributed by atoms with Crippen LogP contribution in [0.2, 0.25) is 0 Å². The molecule has 3 heteroatoms. The molecular weight excluding hydrogens is 432 g/mol. The topological polar surface area (TPSA) is 0 Å². The van der Waals surface area contributed by atoms with Gasteiger partial charge in [-0.15, -0.1) is 0 Å². The first-order valence-corrected chi connectivity index (χ1v) is 8.26. The minimum Gasteiger partial charge on any atom is -0.0537 e. The predicted molar refractivity (Wildman–Crippen MR) is 93.2 cm³/mol. The van der Waals surface area contributed by atoms with E-state index in [4.69, 9.17) is 0 Å². The molecule has 4 aromatic carbocycles. The van der Waals surface area contributed by atoms with Crippen LogP contribution in [0.15, 0.2) is 55.9 Å². The lowest BCUT2D eigenvalue weighted by Gasteiger charge is -2.14. The summed E-state index contributed by atoms with van der Waals surface area (Å²) in [6.07, 6.45) is 0. The third kappa shape index (κ3) is 1.61. The van der Waals surface area contributed by atoms with Gasteiger partial charge >= 0.3 is 0 Å². The lowest BCUT2D eigenvalue weighted by molar-refractivity contribution is 1.70. The first-order chi connectivity index (χ1) is 9.16. The molecule has 0 radical (unpaired) electrons. The molecule has 0 unspecified atom stereocenters. The van der Waals surface area contributed by atoms with E-state index >= 15 is 0 Å². The number of halogens is 3. The van der Waals surface area contributed by atoms with Crippen molar-refractivity contribution in [3.05, 3.63) is 55.9 Å². The predicted octanol–water partition coefficient (Wildman–Crippen LogP) is 6.87. The van der Waals surface area contributed by atoms with Gasteiger partial charge in [-0.3, -0.25) is 0 Å². The SMILES string of the molecule is Brc1ccc2ccc3c(Br)ccc4c(Br)cc1c2c34. The van der Waals surface area contributed by atoms with Crippen LogP contribution < -0.4 is 0 Å². The molecular formula is C16H7Br3. The van der Waals surface area contributed by atoms with Gasteiger partial charge in [0, 0.05) is 13.4 Å². The Morgan fingerprint density at radius 1 is 0.526 bits per heavy atom. The maximum Gasteiger partial charge on any atom is 0.0260 e. The van der Waals surface area contributed by atoms with Crippen molar-refractivity contribution < 1.29 is 0 Å². The molecule has 0 atom stereocenters. The Bertz CT molecular complexity index is 936. The van der Waals surface area contributed by atoms with E-state index in [2.05, 4.69) is 90.3 Å². The van der Waals surface area contributed by atoms with Crippen LogP contribution in [-0.4, -0.2) is 0 Å². The van der Waals surface area contributed by atoms with E-state index in [1.807, 2.05) is 0 Å². The van der Waals surface area contributed by atoms with Crippen molar-refractivity contribution in [3.8, 4) is 0 Å². The minimum atomic E-state index is 1.13. The second-order valence-corrected chi connectivity index (χ2v) is 7.20. The number of hydrogen-bond donors (Lipinski definition) is 0. The van der Waals surface area contributed by atoms with Crippen molar-refractivity contribution in [2.45, 2.75) is 0 Å². The van der Waals surface area contributed by atoms with E-state index in [0.29, 0.717) is 0 Å². The highest BCUT2D eigenvalue weighted by molar-refractivity contribution is 9.11. The monoisotopic (exact) mass is 436 g/mol. The lowest BCUT2D eigenvalue weighted by Crippen LogP contribution is -1.86. The van der Waals surface area contributed by atoms with Gasteiger partial charge in [-0.25, -0.2) is 0 Å².